The zero-order valence-electron chi connectivity index (χ0n) is 23.6. The minimum Gasteiger partial charge on any atom is -0.394 e. The van der Waals surface area contributed by atoms with E-state index in [-0.39, 0.29) is 55.4 Å². The van der Waals surface area contributed by atoms with Crippen LogP contribution in [0.2, 0.25) is 0 Å². The highest BCUT2D eigenvalue weighted by atomic mass is 32.2. The number of hydrogen-bond acceptors (Lipinski definition) is 10. The lowest BCUT2D eigenvalue weighted by Gasteiger charge is -2.23. The maximum absolute atomic E-state index is 14.2. The van der Waals surface area contributed by atoms with E-state index < -0.39 is 17.4 Å². The number of hydrogen-bond donors (Lipinski definition) is 2. The molecular weight excluding hydrogens is 554 g/mol. The van der Waals surface area contributed by atoms with Crippen molar-refractivity contribution in [1.29, 1.82) is 0 Å². The molecule has 0 bridgehead atoms. The summed E-state index contributed by atoms with van der Waals surface area (Å²) in [6.07, 6.45) is 5.86. The van der Waals surface area contributed by atoms with E-state index in [0.717, 1.165) is 24.2 Å². The number of aliphatic hydroxyl groups is 1. The Morgan fingerprint density at radius 3 is 2.76 bits per heavy atom. The molecule has 0 radical (unpaired) electrons. The quantitative estimate of drug-likeness (QED) is 0.299. The molecule has 0 spiro atoms. The maximum Gasteiger partial charge on any atom is 0.191 e. The van der Waals surface area contributed by atoms with Crippen LogP contribution in [0.5, 0.6) is 0 Å². The highest BCUT2D eigenvalue weighted by molar-refractivity contribution is 7.99. The molecule has 10 nitrogen and oxygen atoms in total. The zero-order chi connectivity index (χ0) is 28.9. The highest BCUT2D eigenvalue weighted by Crippen LogP contribution is 2.46. The van der Waals surface area contributed by atoms with E-state index in [1.807, 2.05) is 26.8 Å². The summed E-state index contributed by atoms with van der Waals surface area (Å²) >= 11 is 1.56. The summed E-state index contributed by atoms with van der Waals surface area (Å²) in [7, 11) is 0. The number of aliphatic hydroxyl groups excluding tert-OH is 1. The van der Waals surface area contributed by atoms with Gasteiger partial charge in [0.25, 0.3) is 0 Å². The van der Waals surface area contributed by atoms with Gasteiger partial charge in [-0.05, 0) is 50.3 Å². The van der Waals surface area contributed by atoms with Crippen molar-refractivity contribution in [1.82, 2.24) is 25.0 Å². The molecular formula is C28H36F2N6O4S. The number of nitrogens with zero attached hydrogens (tertiary/aromatic N) is 5. The molecule has 13 heteroatoms. The van der Waals surface area contributed by atoms with Crippen LogP contribution in [0.3, 0.4) is 0 Å². The van der Waals surface area contributed by atoms with Crippen LogP contribution in [-0.2, 0) is 14.2 Å². The number of fused-ring (bicyclic) bond motifs is 2. The van der Waals surface area contributed by atoms with Crippen molar-refractivity contribution in [2.75, 3.05) is 24.3 Å². The molecule has 3 aliphatic carbocycles. The number of allylic oxidation sites excluding steroid dienone is 5. The van der Waals surface area contributed by atoms with Gasteiger partial charge in [-0.25, -0.2) is 23.4 Å². The van der Waals surface area contributed by atoms with E-state index in [1.54, 1.807) is 16.4 Å². The smallest absolute Gasteiger partial charge is 0.191 e. The molecule has 0 amide bonds. The van der Waals surface area contributed by atoms with Crippen LogP contribution < -0.4 is 5.32 Å². The summed E-state index contributed by atoms with van der Waals surface area (Å²) < 4.78 is 48.4. The first kappa shape index (κ1) is 28.7. The van der Waals surface area contributed by atoms with Gasteiger partial charge in [0, 0.05) is 24.1 Å². The molecule has 2 saturated carbocycles. The van der Waals surface area contributed by atoms with E-state index in [2.05, 4.69) is 22.6 Å². The molecule has 6 rings (SSSR count). The van der Waals surface area contributed by atoms with Gasteiger partial charge >= 0.3 is 0 Å². The van der Waals surface area contributed by atoms with Crippen molar-refractivity contribution in [3.63, 3.8) is 0 Å². The van der Waals surface area contributed by atoms with Gasteiger partial charge in [-0.1, -0.05) is 36.9 Å². The first-order valence-corrected chi connectivity index (χ1v) is 15.2. The monoisotopic (exact) mass is 590 g/mol. The fourth-order valence-electron chi connectivity index (χ4n) is 5.96. The van der Waals surface area contributed by atoms with Crippen molar-refractivity contribution in [3.8, 4) is 0 Å². The molecule has 1 saturated heterocycles. The normalized spacial score (nSPS) is 32.4. The maximum atomic E-state index is 14.2. The van der Waals surface area contributed by atoms with Crippen molar-refractivity contribution >= 4 is 28.7 Å². The van der Waals surface area contributed by atoms with Gasteiger partial charge in [0.05, 0.1) is 25.4 Å². The third kappa shape index (κ3) is 5.79. The lowest BCUT2D eigenvalue weighted by molar-refractivity contribution is -0.171. The summed E-state index contributed by atoms with van der Waals surface area (Å²) in [6, 6.07) is -0.255. The molecule has 4 aliphatic rings. The molecule has 41 heavy (non-hydrogen) atoms. The number of aromatic nitrogens is 5. The van der Waals surface area contributed by atoms with Gasteiger partial charge in [0.1, 0.15) is 12.2 Å². The second-order valence-electron chi connectivity index (χ2n) is 11.5. The molecule has 7 atom stereocenters. The average molecular weight is 591 g/mol. The molecule has 2 aromatic rings. The third-order valence-electron chi connectivity index (χ3n) is 7.79. The Morgan fingerprint density at radius 2 is 1.98 bits per heavy atom. The number of halogens is 2. The Labute approximate surface area is 241 Å². The Kier molecular flexibility index (Phi) is 7.92. The van der Waals surface area contributed by atoms with Crippen molar-refractivity contribution < 1.29 is 28.1 Å². The molecule has 0 aromatic carbocycles. The van der Waals surface area contributed by atoms with Crippen LogP contribution in [0.1, 0.15) is 53.0 Å². The van der Waals surface area contributed by atoms with Gasteiger partial charge in [0.2, 0.25) is 0 Å². The van der Waals surface area contributed by atoms with Crippen molar-refractivity contribution in [3.05, 3.63) is 35.5 Å². The van der Waals surface area contributed by atoms with Gasteiger partial charge in [-0.3, -0.25) is 0 Å². The first-order chi connectivity index (χ1) is 19.7. The van der Waals surface area contributed by atoms with Gasteiger partial charge < -0.3 is 24.6 Å². The fourth-order valence-corrected chi connectivity index (χ4v) is 6.65. The van der Waals surface area contributed by atoms with Gasteiger partial charge in [-0.2, -0.15) is 0 Å². The fraction of sp³-hybridized carbons (Fsp3) is 0.643. The lowest BCUT2D eigenvalue weighted by Crippen LogP contribution is -2.31. The van der Waals surface area contributed by atoms with Crippen LogP contribution in [0.15, 0.2) is 40.6 Å². The molecule has 0 unspecified atom stereocenters. The lowest BCUT2D eigenvalue weighted by atomic mass is 10.1. The van der Waals surface area contributed by atoms with Gasteiger partial charge in [0.15, 0.2) is 39.6 Å². The summed E-state index contributed by atoms with van der Waals surface area (Å²) in [5.74, 6) is -1.20. The van der Waals surface area contributed by atoms with Crippen molar-refractivity contribution in [2.45, 2.75) is 88.3 Å². The van der Waals surface area contributed by atoms with E-state index >= 15 is 0 Å². The molecule has 3 heterocycles. The SMILES string of the molecule is CCCSc1nc(N[C@@H]2C[C@H]2C2=C[C@H](C)C=C(F)C(F)=C2)c2nnn([C@@H]3C[C@H](OCCO)[C@H]4OC(C)(C)O[C@H]43)c2n1. The Hall–Kier alpha value is -2.45. The van der Waals surface area contributed by atoms with Crippen LogP contribution in [0.4, 0.5) is 14.6 Å². The molecule has 2 aromatic heterocycles. The van der Waals surface area contributed by atoms with Crippen LogP contribution in [0.25, 0.3) is 11.2 Å². The molecule has 222 valence electrons. The van der Waals surface area contributed by atoms with E-state index in [0.29, 0.717) is 28.6 Å². The second kappa shape index (κ2) is 11.3. The predicted molar refractivity (Wildman–Crippen MR) is 150 cm³/mol. The summed E-state index contributed by atoms with van der Waals surface area (Å²) in [4.78, 5) is 9.63. The second-order valence-corrected chi connectivity index (χ2v) is 12.6. The van der Waals surface area contributed by atoms with Crippen LogP contribution in [0, 0.1) is 11.8 Å². The summed E-state index contributed by atoms with van der Waals surface area (Å²) in [5.41, 5.74) is 1.89. The number of rotatable bonds is 10. The molecule has 2 N–H and O–H groups in total. The third-order valence-corrected chi connectivity index (χ3v) is 8.84. The Bertz CT molecular complexity index is 1400. The average Bonchev–Trinajstić information content (AvgIpc) is 3.31. The number of thioether (sulfide) groups is 1. The number of anilines is 1. The molecule has 3 fully saturated rings. The van der Waals surface area contributed by atoms with Crippen LogP contribution in [-0.4, -0.2) is 79.2 Å². The summed E-state index contributed by atoms with van der Waals surface area (Å²) in [5, 5.41) is 22.4. The topological polar surface area (TPSA) is 116 Å². The van der Waals surface area contributed by atoms with E-state index in [4.69, 9.17) is 24.2 Å². The molecule has 1 aliphatic heterocycles. The van der Waals surface area contributed by atoms with E-state index in [9.17, 15) is 13.9 Å². The van der Waals surface area contributed by atoms with Crippen LogP contribution >= 0.6 is 11.8 Å². The zero-order valence-corrected chi connectivity index (χ0v) is 24.4. The first-order valence-electron chi connectivity index (χ1n) is 14.2. The predicted octanol–water partition coefficient (Wildman–Crippen LogP) is 4.65. The highest BCUT2D eigenvalue weighted by Gasteiger charge is 2.56. The summed E-state index contributed by atoms with van der Waals surface area (Å²) in [6.45, 7) is 7.81. The number of ether oxygens (including phenoxy) is 3. The standard InChI is InChI=1S/C28H36F2N6O4S/c1-5-8-41-27-32-25(31-19-12-16(19)15-9-14(2)10-17(29)18(30)11-15)22-26(33-27)36(35-34-22)20-13-21(38-7-6-37)24-23(20)39-28(3,4)40-24/h9-11,14,16,19-21,23-24,37H,5-8,12-13H2,1-4H3,(H,31,32,33)/t14-,16-,19+,20+,21-,23-,24+/m0/s1. The Morgan fingerprint density at radius 1 is 1.17 bits per heavy atom. The minimum absolute atomic E-state index is 0.00887. The van der Waals surface area contributed by atoms with E-state index in [1.165, 1.54) is 12.2 Å². The largest absolute Gasteiger partial charge is 0.394 e. The van der Waals surface area contributed by atoms with Crippen molar-refractivity contribution in [2.24, 2.45) is 11.8 Å². The Balaban J connectivity index is 1.30. The van der Waals surface area contributed by atoms with Gasteiger partial charge in [-0.15, -0.1) is 5.10 Å². The minimum atomic E-state index is -0.839. The number of nitrogens with one attached hydrogen (secondary N) is 1.